The van der Waals surface area contributed by atoms with E-state index in [1.54, 1.807) is 19.1 Å². The zero-order chi connectivity index (χ0) is 13.3. The number of rotatable bonds is 2. The van der Waals surface area contributed by atoms with Crippen LogP contribution in [0.25, 0.3) is 0 Å². The van der Waals surface area contributed by atoms with Crippen molar-refractivity contribution in [2.45, 2.75) is 13.8 Å². The zero-order valence-electron chi connectivity index (χ0n) is 10.3. The lowest BCUT2D eigenvalue weighted by atomic mass is 9.97. The van der Waals surface area contributed by atoms with Crippen LogP contribution in [-0.4, -0.2) is 5.78 Å². The Morgan fingerprint density at radius 1 is 1.06 bits per heavy atom. The van der Waals surface area contributed by atoms with Crippen LogP contribution < -0.4 is 5.73 Å². The van der Waals surface area contributed by atoms with E-state index in [0.29, 0.717) is 22.4 Å². The number of hydrogen-bond acceptors (Lipinski definition) is 2. The van der Waals surface area contributed by atoms with E-state index in [4.69, 9.17) is 5.73 Å². The van der Waals surface area contributed by atoms with Gasteiger partial charge in [0.15, 0.2) is 5.78 Å². The van der Waals surface area contributed by atoms with E-state index in [1.165, 1.54) is 18.2 Å². The van der Waals surface area contributed by atoms with Crippen LogP contribution in [0.1, 0.15) is 27.0 Å². The number of benzene rings is 2. The van der Waals surface area contributed by atoms with E-state index in [9.17, 15) is 9.18 Å². The Hall–Kier alpha value is -2.16. The minimum atomic E-state index is -0.346. The van der Waals surface area contributed by atoms with Gasteiger partial charge in [-0.25, -0.2) is 4.39 Å². The van der Waals surface area contributed by atoms with Crippen molar-refractivity contribution in [3.05, 3.63) is 64.5 Å². The van der Waals surface area contributed by atoms with Gasteiger partial charge in [-0.2, -0.15) is 0 Å². The predicted molar refractivity (Wildman–Crippen MR) is 70.2 cm³/mol. The number of aryl methyl sites for hydroxylation is 2. The van der Waals surface area contributed by atoms with Gasteiger partial charge in [-0.15, -0.1) is 0 Å². The Balaban J connectivity index is 2.51. The molecule has 18 heavy (non-hydrogen) atoms. The summed E-state index contributed by atoms with van der Waals surface area (Å²) in [6.07, 6.45) is 0. The molecule has 0 fully saturated rings. The fraction of sp³-hybridized carbons (Fsp3) is 0.133. The summed E-state index contributed by atoms with van der Waals surface area (Å²) in [5.74, 6) is -0.519. The van der Waals surface area contributed by atoms with E-state index in [2.05, 4.69) is 0 Å². The third-order valence-corrected chi connectivity index (χ3v) is 2.89. The third kappa shape index (κ3) is 2.25. The Labute approximate surface area is 105 Å². The summed E-state index contributed by atoms with van der Waals surface area (Å²) in [4.78, 5) is 12.3. The zero-order valence-corrected chi connectivity index (χ0v) is 10.3. The first kappa shape index (κ1) is 12.3. The first-order valence-electron chi connectivity index (χ1n) is 5.66. The van der Waals surface area contributed by atoms with Gasteiger partial charge in [0.2, 0.25) is 0 Å². The second-order valence-electron chi connectivity index (χ2n) is 4.38. The van der Waals surface area contributed by atoms with Crippen molar-refractivity contribution in [2.24, 2.45) is 0 Å². The van der Waals surface area contributed by atoms with Crippen molar-refractivity contribution in [1.82, 2.24) is 0 Å². The molecular formula is C15H14FNO. The monoisotopic (exact) mass is 243 g/mol. The van der Waals surface area contributed by atoms with Gasteiger partial charge in [-0.05, 0) is 49.7 Å². The van der Waals surface area contributed by atoms with Crippen LogP contribution in [0.3, 0.4) is 0 Å². The lowest BCUT2D eigenvalue weighted by molar-refractivity contribution is 0.103. The Kier molecular flexibility index (Phi) is 3.15. The molecule has 0 atom stereocenters. The molecule has 2 nitrogen and oxygen atoms in total. The van der Waals surface area contributed by atoms with E-state index in [-0.39, 0.29) is 11.6 Å². The topological polar surface area (TPSA) is 43.1 Å². The molecule has 0 unspecified atom stereocenters. The lowest BCUT2D eigenvalue weighted by Crippen LogP contribution is -2.07. The molecule has 0 saturated carbocycles. The van der Waals surface area contributed by atoms with Crippen LogP contribution >= 0.6 is 0 Å². The van der Waals surface area contributed by atoms with E-state index in [0.717, 1.165) is 5.56 Å². The third-order valence-electron chi connectivity index (χ3n) is 2.89. The van der Waals surface area contributed by atoms with Gasteiger partial charge in [0.25, 0.3) is 0 Å². The predicted octanol–water partition coefficient (Wildman–Crippen LogP) is 3.26. The maximum atomic E-state index is 13.0. The van der Waals surface area contributed by atoms with Gasteiger partial charge in [0, 0.05) is 16.8 Å². The number of anilines is 1. The van der Waals surface area contributed by atoms with Gasteiger partial charge in [0.05, 0.1) is 0 Å². The highest BCUT2D eigenvalue weighted by atomic mass is 19.1. The van der Waals surface area contributed by atoms with Crippen LogP contribution in [0.15, 0.2) is 36.4 Å². The second kappa shape index (κ2) is 4.61. The molecule has 0 radical (unpaired) electrons. The van der Waals surface area contributed by atoms with Gasteiger partial charge >= 0.3 is 0 Å². The highest BCUT2D eigenvalue weighted by Crippen LogP contribution is 2.20. The largest absolute Gasteiger partial charge is 0.398 e. The summed E-state index contributed by atoms with van der Waals surface area (Å²) in [6, 6.07) is 9.44. The second-order valence-corrected chi connectivity index (χ2v) is 4.38. The number of hydrogen-bond donors (Lipinski definition) is 1. The molecule has 0 spiro atoms. The van der Waals surface area contributed by atoms with Crippen molar-refractivity contribution in [2.75, 3.05) is 5.73 Å². The van der Waals surface area contributed by atoms with Crippen LogP contribution in [0.5, 0.6) is 0 Å². The van der Waals surface area contributed by atoms with Crippen LogP contribution in [0.2, 0.25) is 0 Å². The highest BCUT2D eigenvalue weighted by molar-refractivity contribution is 6.12. The van der Waals surface area contributed by atoms with Crippen molar-refractivity contribution in [3.63, 3.8) is 0 Å². The SMILES string of the molecule is Cc1ccc(N)c(C(=O)c2ccc(F)cc2C)c1. The number of carbonyl (C=O) groups is 1. The summed E-state index contributed by atoms with van der Waals surface area (Å²) < 4.78 is 13.0. The van der Waals surface area contributed by atoms with Gasteiger partial charge in [-0.1, -0.05) is 11.6 Å². The molecule has 0 amide bonds. The summed E-state index contributed by atoms with van der Waals surface area (Å²) in [6.45, 7) is 3.61. The smallest absolute Gasteiger partial charge is 0.195 e. The minimum Gasteiger partial charge on any atom is -0.398 e. The molecule has 2 N–H and O–H groups in total. The molecular weight excluding hydrogens is 229 g/mol. The van der Waals surface area contributed by atoms with Crippen molar-refractivity contribution in [3.8, 4) is 0 Å². The van der Waals surface area contributed by atoms with Crippen LogP contribution in [0, 0.1) is 19.7 Å². The van der Waals surface area contributed by atoms with Gasteiger partial charge in [-0.3, -0.25) is 4.79 Å². The highest BCUT2D eigenvalue weighted by Gasteiger charge is 2.15. The fourth-order valence-electron chi connectivity index (χ4n) is 1.89. The Morgan fingerprint density at radius 3 is 2.44 bits per heavy atom. The van der Waals surface area contributed by atoms with E-state index >= 15 is 0 Å². The molecule has 2 rings (SSSR count). The van der Waals surface area contributed by atoms with Gasteiger partial charge < -0.3 is 5.73 Å². The molecule has 0 heterocycles. The number of halogens is 1. The molecule has 2 aromatic carbocycles. The molecule has 0 aliphatic heterocycles. The standard InChI is InChI=1S/C15H14FNO/c1-9-3-6-14(17)13(7-9)15(18)12-5-4-11(16)8-10(12)2/h3-8H,17H2,1-2H3. The molecule has 3 heteroatoms. The number of nitrogens with two attached hydrogens (primary N) is 1. The van der Waals surface area contributed by atoms with Crippen molar-refractivity contribution in [1.29, 1.82) is 0 Å². The first-order valence-corrected chi connectivity index (χ1v) is 5.66. The average molecular weight is 243 g/mol. The maximum absolute atomic E-state index is 13.0. The maximum Gasteiger partial charge on any atom is 0.195 e. The molecule has 2 aromatic rings. The lowest BCUT2D eigenvalue weighted by Gasteiger charge is -2.08. The molecule has 0 aromatic heterocycles. The summed E-state index contributed by atoms with van der Waals surface area (Å²) in [5.41, 5.74) is 8.77. The summed E-state index contributed by atoms with van der Waals surface area (Å²) in [7, 11) is 0. The Morgan fingerprint density at radius 2 is 1.78 bits per heavy atom. The molecule has 0 bridgehead atoms. The van der Waals surface area contributed by atoms with Gasteiger partial charge in [0.1, 0.15) is 5.82 Å². The number of ketones is 1. The van der Waals surface area contributed by atoms with E-state index in [1.807, 2.05) is 13.0 Å². The van der Waals surface area contributed by atoms with Crippen LogP contribution in [0.4, 0.5) is 10.1 Å². The van der Waals surface area contributed by atoms with Crippen molar-refractivity contribution >= 4 is 11.5 Å². The first-order chi connectivity index (χ1) is 8.49. The summed E-state index contributed by atoms with van der Waals surface area (Å²) in [5, 5.41) is 0. The number of carbonyl (C=O) groups excluding carboxylic acids is 1. The summed E-state index contributed by atoms with van der Waals surface area (Å²) >= 11 is 0. The number of nitrogen functional groups attached to an aromatic ring is 1. The molecule has 92 valence electrons. The minimum absolute atomic E-state index is 0.172. The van der Waals surface area contributed by atoms with Crippen molar-refractivity contribution < 1.29 is 9.18 Å². The van der Waals surface area contributed by atoms with E-state index < -0.39 is 0 Å². The normalized spacial score (nSPS) is 10.4. The van der Waals surface area contributed by atoms with Crippen LogP contribution in [-0.2, 0) is 0 Å². The molecule has 0 aliphatic carbocycles. The average Bonchev–Trinajstić information content (AvgIpc) is 2.31. The fourth-order valence-corrected chi connectivity index (χ4v) is 1.89. The molecule has 0 saturated heterocycles. The quantitative estimate of drug-likeness (QED) is 0.650. The Bertz CT molecular complexity index is 620. The molecule has 0 aliphatic rings.